The lowest BCUT2D eigenvalue weighted by atomic mass is 10.4. The van der Waals surface area contributed by atoms with E-state index in [1.54, 1.807) is 18.0 Å². The fourth-order valence-electron chi connectivity index (χ4n) is 1.22. The summed E-state index contributed by atoms with van der Waals surface area (Å²) < 4.78 is 5.48. The van der Waals surface area contributed by atoms with E-state index in [-0.39, 0.29) is 5.44 Å². The summed E-state index contributed by atoms with van der Waals surface area (Å²) in [7, 11) is 0. The molecule has 2 rings (SSSR count). The number of pyridine rings is 1. The Bertz CT molecular complexity index is 289. The maximum atomic E-state index is 5.96. The number of aromatic nitrogens is 1. The molecule has 2 heterocycles. The minimum absolute atomic E-state index is 0.243. The van der Waals surface area contributed by atoms with Gasteiger partial charge in [0.15, 0.2) is 0 Å². The molecule has 0 bridgehead atoms. The summed E-state index contributed by atoms with van der Waals surface area (Å²) in [5.74, 6) is 0. The van der Waals surface area contributed by atoms with Crippen LogP contribution in [0.5, 0.6) is 0 Å². The van der Waals surface area contributed by atoms with E-state index in [9.17, 15) is 0 Å². The van der Waals surface area contributed by atoms with Crippen molar-refractivity contribution in [1.29, 1.82) is 0 Å². The van der Waals surface area contributed by atoms with Gasteiger partial charge in [-0.3, -0.25) is 0 Å². The van der Waals surface area contributed by atoms with Gasteiger partial charge in [-0.2, -0.15) is 0 Å². The van der Waals surface area contributed by atoms with Gasteiger partial charge >= 0.3 is 0 Å². The van der Waals surface area contributed by atoms with Crippen LogP contribution in [0.2, 0.25) is 5.02 Å². The zero-order valence-corrected chi connectivity index (χ0v) is 8.64. The molecule has 1 aliphatic heterocycles. The molecule has 0 saturated carbocycles. The molecule has 1 unspecified atom stereocenters. The van der Waals surface area contributed by atoms with Gasteiger partial charge in [-0.05, 0) is 25.0 Å². The van der Waals surface area contributed by atoms with Crippen LogP contribution in [0.4, 0.5) is 0 Å². The van der Waals surface area contributed by atoms with Crippen molar-refractivity contribution in [3.63, 3.8) is 0 Å². The van der Waals surface area contributed by atoms with Crippen molar-refractivity contribution in [1.82, 2.24) is 4.98 Å². The zero-order valence-electron chi connectivity index (χ0n) is 7.07. The maximum absolute atomic E-state index is 5.96. The molecule has 2 nitrogen and oxygen atoms in total. The van der Waals surface area contributed by atoms with E-state index in [1.165, 1.54) is 0 Å². The number of ether oxygens (including phenoxy) is 1. The predicted octanol–water partition coefficient (Wildman–Crippen LogP) is 2.96. The van der Waals surface area contributed by atoms with Crippen LogP contribution in [-0.2, 0) is 4.74 Å². The van der Waals surface area contributed by atoms with Crippen LogP contribution in [0.25, 0.3) is 0 Å². The smallest absolute Gasteiger partial charge is 0.117 e. The SMILES string of the molecule is Clc1cccnc1SC1CCCO1. The van der Waals surface area contributed by atoms with Crippen molar-refractivity contribution in [3.05, 3.63) is 23.4 Å². The second kappa shape index (κ2) is 4.31. The number of hydrogen-bond donors (Lipinski definition) is 0. The maximum Gasteiger partial charge on any atom is 0.117 e. The fraction of sp³-hybridized carbons (Fsp3) is 0.444. The summed E-state index contributed by atoms with van der Waals surface area (Å²) in [6.07, 6.45) is 3.99. The van der Waals surface area contributed by atoms with Crippen LogP contribution in [0.3, 0.4) is 0 Å². The Morgan fingerprint density at radius 2 is 2.54 bits per heavy atom. The average Bonchev–Trinajstić information content (AvgIpc) is 2.61. The van der Waals surface area contributed by atoms with Gasteiger partial charge in [-0.15, -0.1) is 0 Å². The number of nitrogens with zero attached hydrogens (tertiary/aromatic N) is 1. The Morgan fingerprint density at radius 1 is 1.62 bits per heavy atom. The summed E-state index contributed by atoms with van der Waals surface area (Å²) in [6, 6.07) is 3.69. The standard InChI is InChI=1S/C9H10ClNOS/c10-7-3-1-5-11-9(7)13-8-4-2-6-12-8/h1,3,5,8H,2,4,6H2. The fourth-order valence-corrected chi connectivity index (χ4v) is 2.48. The van der Waals surface area contributed by atoms with Gasteiger partial charge in [0.05, 0.1) is 5.02 Å². The molecule has 70 valence electrons. The lowest BCUT2D eigenvalue weighted by molar-refractivity contribution is 0.173. The van der Waals surface area contributed by atoms with E-state index in [2.05, 4.69) is 4.98 Å². The third-order valence-electron chi connectivity index (χ3n) is 1.86. The zero-order chi connectivity index (χ0) is 9.10. The Morgan fingerprint density at radius 3 is 3.23 bits per heavy atom. The van der Waals surface area contributed by atoms with Gasteiger partial charge in [0.25, 0.3) is 0 Å². The summed E-state index contributed by atoms with van der Waals surface area (Å²) in [6.45, 7) is 0.863. The molecular formula is C9H10ClNOS. The molecule has 0 N–H and O–H groups in total. The van der Waals surface area contributed by atoms with Gasteiger partial charge < -0.3 is 4.74 Å². The highest BCUT2D eigenvalue weighted by molar-refractivity contribution is 7.99. The van der Waals surface area contributed by atoms with Gasteiger partial charge in [0, 0.05) is 12.8 Å². The van der Waals surface area contributed by atoms with Crippen molar-refractivity contribution in [3.8, 4) is 0 Å². The normalized spacial score (nSPS) is 22.1. The van der Waals surface area contributed by atoms with Crippen LogP contribution < -0.4 is 0 Å². The first-order valence-corrected chi connectivity index (χ1v) is 5.51. The minimum Gasteiger partial charge on any atom is -0.367 e. The molecule has 1 atom stereocenters. The van der Waals surface area contributed by atoms with Gasteiger partial charge in [0.1, 0.15) is 10.5 Å². The molecule has 1 fully saturated rings. The average molecular weight is 216 g/mol. The number of rotatable bonds is 2. The van der Waals surface area contributed by atoms with Crippen molar-refractivity contribution in [2.24, 2.45) is 0 Å². The highest BCUT2D eigenvalue weighted by atomic mass is 35.5. The highest BCUT2D eigenvalue weighted by Crippen LogP contribution is 2.33. The summed E-state index contributed by atoms with van der Waals surface area (Å²) >= 11 is 7.58. The number of hydrogen-bond acceptors (Lipinski definition) is 3. The van der Waals surface area contributed by atoms with Crippen molar-refractivity contribution in [2.75, 3.05) is 6.61 Å². The quantitative estimate of drug-likeness (QED) is 0.758. The lowest BCUT2D eigenvalue weighted by Crippen LogP contribution is -1.98. The van der Waals surface area contributed by atoms with E-state index in [0.717, 1.165) is 24.5 Å². The van der Waals surface area contributed by atoms with Gasteiger partial charge in [-0.25, -0.2) is 4.98 Å². The van der Waals surface area contributed by atoms with Crippen LogP contribution in [0.15, 0.2) is 23.4 Å². The van der Waals surface area contributed by atoms with Crippen molar-refractivity contribution in [2.45, 2.75) is 23.3 Å². The molecule has 0 aliphatic carbocycles. The summed E-state index contributed by atoms with van der Waals surface area (Å²) in [5, 5.41) is 1.58. The molecular weight excluding hydrogens is 206 g/mol. The second-order valence-corrected chi connectivity index (χ2v) is 4.41. The van der Waals surface area contributed by atoms with E-state index in [0.29, 0.717) is 5.02 Å². The summed E-state index contributed by atoms with van der Waals surface area (Å²) in [5.41, 5.74) is 0.243. The summed E-state index contributed by atoms with van der Waals surface area (Å²) in [4.78, 5) is 4.19. The van der Waals surface area contributed by atoms with Gasteiger partial charge in [-0.1, -0.05) is 23.4 Å². The topological polar surface area (TPSA) is 22.1 Å². The minimum atomic E-state index is 0.243. The van der Waals surface area contributed by atoms with Gasteiger partial charge in [0.2, 0.25) is 0 Å². The van der Waals surface area contributed by atoms with E-state index in [1.807, 2.05) is 12.1 Å². The largest absolute Gasteiger partial charge is 0.367 e. The van der Waals surface area contributed by atoms with Crippen LogP contribution >= 0.6 is 23.4 Å². The molecule has 1 aromatic heterocycles. The van der Waals surface area contributed by atoms with Crippen LogP contribution in [0.1, 0.15) is 12.8 Å². The molecule has 0 radical (unpaired) electrons. The lowest BCUT2D eigenvalue weighted by Gasteiger charge is -2.08. The number of halogens is 1. The molecule has 0 aromatic carbocycles. The third kappa shape index (κ3) is 2.36. The first kappa shape index (κ1) is 9.31. The van der Waals surface area contributed by atoms with Crippen LogP contribution in [-0.4, -0.2) is 17.0 Å². The highest BCUT2D eigenvalue weighted by Gasteiger charge is 2.18. The second-order valence-electron chi connectivity index (χ2n) is 2.85. The van der Waals surface area contributed by atoms with Crippen molar-refractivity contribution >= 4 is 23.4 Å². The molecule has 13 heavy (non-hydrogen) atoms. The Balaban J connectivity index is 2.04. The van der Waals surface area contributed by atoms with Crippen molar-refractivity contribution < 1.29 is 4.74 Å². The molecule has 1 aromatic rings. The monoisotopic (exact) mass is 215 g/mol. The van der Waals surface area contributed by atoms with Crippen LogP contribution in [0, 0.1) is 0 Å². The first-order chi connectivity index (χ1) is 6.36. The molecule has 1 saturated heterocycles. The van der Waals surface area contributed by atoms with E-state index in [4.69, 9.17) is 16.3 Å². The Kier molecular flexibility index (Phi) is 3.09. The van der Waals surface area contributed by atoms with E-state index < -0.39 is 0 Å². The molecule has 0 amide bonds. The Hall–Kier alpha value is -0.250. The first-order valence-electron chi connectivity index (χ1n) is 4.25. The molecule has 1 aliphatic rings. The predicted molar refractivity (Wildman–Crippen MR) is 54.1 cm³/mol. The Labute approximate surface area is 86.6 Å². The molecule has 0 spiro atoms. The van der Waals surface area contributed by atoms with E-state index >= 15 is 0 Å². The number of thioether (sulfide) groups is 1. The molecule has 4 heteroatoms. The third-order valence-corrected chi connectivity index (χ3v) is 3.46.